The van der Waals surface area contributed by atoms with Gasteiger partial charge in [0, 0.05) is 5.56 Å². The third kappa shape index (κ3) is 1.99. The molecule has 3 rings (SSSR count). The molecule has 19 heavy (non-hydrogen) atoms. The molecule has 2 atom stereocenters. The summed E-state index contributed by atoms with van der Waals surface area (Å²) in [6.07, 6.45) is -1.91. The number of esters is 2. The molecule has 2 aliphatic heterocycles. The molecular formula is C12H9NO6. The molecule has 1 fully saturated rings. The van der Waals surface area contributed by atoms with E-state index in [1.807, 2.05) is 0 Å². The van der Waals surface area contributed by atoms with Gasteiger partial charge < -0.3 is 19.5 Å². The van der Waals surface area contributed by atoms with Crippen LogP contribution in [0.15, 0.2) is 24.3 Å². The normalized spacial score (nSPS) is 25.6. The zero-order valence-electron chi connectivity index (χ0n) is 9.62. The quantitative estimate of drug-likeness (QED) is 0.528. The lowest BCUT2D eigenvalue weighted by Gasteiger charge is -2.33. The average Bonchev–Trinajstić information content (AvgIpc) is 2.40. The van der Waals surface area contributed by atoms with Crippen LogP contribution in [0, 0.1) is 0 Å². The lowest BCUT2D eigenvalue weighted by molar-refractivity contribution is -0.187. The van der Waals surface area contributed by atoms with Crippen molar-refractivity contribution in [2.45, 2.75) is 18.8 Å². The van der Waals surface area contributed by atoms with E-state index in [-0.39, 0.29) is 12.4 Å². The molecule has 0 aromatic heterocycles. The summed E-state index contributed by atoms with van der Waals surface area (Å²) >= 11 is 0. The van der Waals surface area contributed by atoms with Gasteiger partial charge in [0.2, 0.25) is 6.10 Å². The van der Waals surface area contributed by atoms with Crippen LogP contribution in [-0.4, -0.2) is 30.2 Å². The van der Waals surface area contributed by atoms with Crippen molar-refractivity contribution in [2.24, 2.45) is 0 Å². The minimum atomic E-state index is -1.13. The molecule has 0 bridgehead atoms. The van der Waals surface area contributed by atoms with Crippen molar-refractivity contribution in [2.75, 3.05) is 0 Å². The van der Waals surface area contributed by atoms with Gasteiger partial charge in [-0.25, -0.2) is 14.4 Å². The molecule has 1 N–H and O–H groups in total. The van der Waals surface area contributed by atoms with Crippen molar-refractivity contribution in [1.82, 2.24) is 5.32 Å². The maximum atomic E-state index is 11.8. The summed E-state index contributed by atoms with van der Waals surface area (Å²) in [4.78, 5) is 34.4. The Hall–Kier alpha value is -2.57. The number of fused-ring (bicyclic) bond motifs is 2. The molecule has 0 aliphatic carbocycles. The van der Waals surface area contributed by atoms with Crippen LogP contribution < -0.4 is 10.1 Å². The smallest absolute Gasteiger partial charge is 0.408 e. The second-order valence-corrected chi connectivity index (χ2v) is 4.08. The van der Waals surface area contributed by atoms with Gasteiger partial charge in [0.15, 0.2) is 6.04 Å². The molecule has 1 aromatic carbocycles. The summed E-state index contributed by atoms with van der Waals surface area (Å²) in [7, 11) is 0. The van der Waals surface area contributed by atoms with E-state index in [1.54, 1.807) is 24.3 Å². The minimum absolute atomic E-state index is 0.0538. The van der Waals surface area contributed by atoms with Crippen LogP contribution in [0.5, 0.6) is 5.75 Å². The van der Waals surface area contributed by atoms with Crippen molar-refractivity contribution >= 4 is 18.0 Å². The Balaban J connectivity index is 1.91. The molecule has 7 heteroatoms. The van der Waals surface area contributed by atoms with Gasteiger partial charge in [0.05, 0.1) is 0 Å². The average molecular weight is 263 g/mol. The summed E-state index contributed by atoms with van der Waals surface area (Å²) < 4.78 is 14.7. The Morgan fingerprint density at radius 3 is 2.68 bits per heavy atom. The van der Waals surface area contributed by atoms with Crippen LogP contribution in [0.3, 0.4) is 0 Å². The van der Waals surface area contributed by atoms with Crippen LogP contribution in [-0.2, 0) is 25.7 Å². The molecule has 2 heterocycles. The Morgan fingerprint density at radius 2 is 1.89 bits per heavy atom. The molecule has 0 saturated carbocycles. The number of carbonyl (C=O) groups excluding carboxylic acids is 3. The Labute approximate surface area is 107 Å². The van der Waals surface area contributed by atoms with E-state index < -0.39 is 30.2 Å². The van der Waals surface area contributed by atoms with Gasteiger partial charge in [-0.05, 0) is 6.07 Å². The molecule has 1 aromatic rings. The molecule has 2 aliphatic rings. The zero-order valence-corrected chi connectivity index (χ0v) is 9.62. The van der Waals surface area contributed by atoms with Gasteiger partial charge in [-0.15, -0.1) is 0 Å². The molecule has 98 valence electrons. The first-order valence-electron chi connectivity index (χ1n) is 5.58. The maximum Gasteiger partial charge on any atom is 0.408 e. The van der Waals surface area contributed by atoms with Crippen LogP contribution in [0.25, 0.3) is 0 Å². The largest absolute Gasteiger partial charge is 0.446 e. The SMILES string of the molecule is O=C1N[C@@H]2C(=O)O[C@@H]2C(=O)Oc2ccccc2CO1. The van der Waals surface area contributed by atoms with E-state index in [4.69, 9.17) is 9.47 Å². The number of benzene rings is 1. The number of amides is 1. The highest BCUT2D eigenvalue weighted by molar-refractivity contribution is 5.97. The maximum absolute atomic E-state index is 11.8. The van der Waals surface area contributed by atoms with E-state index in [2.05, 4.69) is 10.1 Å². The van der Waals surface area contributed by atoms with Gasteiger partial charge >= 0.3 is 18.0 Å². The fourth-order valence-corrected chi connectivity index (χ4v) is 1.84. The number of carbonyl (C=O) groups is 3. The summed E-state index contributed by atoms with van der Waals surface area (Å²) in [5.41, 5.74) is 0.551. The number of para-hydroxylation sites is 1. The third-order valence-corrected chi connectivity index (χ3v) is 2.85. The van der Waals surface area contributed by atoms with Crippen LogP contribution in [0.1, 0.15) is 5.56 Å². The fraction of sp³-hybridized carbons (Fsp3) is 0.250. The van der Waals surface area contributed by atoms with Crippen molar-refractivity contribution in [1.29, 1.82) is 0 Å². The highest BCUT2D eigenvalue weighted by Gasteiger charge is 2.50. The predicted molar refractivity (Wildman–Crippen MR) is 59.1 cm³/mol. The summed E-state index contributed by atoms with van der Waals surface area (Å²) in [5.74, 6) is -1.13. The summed E-state index contributed by atoms with van der Waals surface area (Å²) in [6.45, 7) is -0.0538. The summed E-state index contributed by atoms with van der Waals surface area (Å²) in [5, 5.41) is 2.26. The van der Waals surface area contributed by atoms with Gasteiger partial charge in [0.1, 0.15) is 12.4 Å². The number of alkyl carbamates (subject to hydrolysis) is 1. The third-order valence-electron chi connectivity index (χ3n) is 2.85. The van der Waals surface area contributed by atoms with Crippen molar-refractivity contribution in [3.8, 4) is 5.75 Å². The monoisotopic (exact) mass is 263 g/mol. The first-order chi connectivity index (χ1) is 9.15. The predicted octanol–water partition coefficient (Wildman–Crippen LogP) is 0.126. The van der Waals surface area contributed by atoms with Gasteiger partial charge in [-0.3, -0.25) is 0 Å². The van der Waals surface area contributed by atoms with E-state index in [1.165, 1.54) is 0 Å². The highest BCUT2D eigenvalue weighted by Crippen LogP contribution is 2.24. The summed E-state index contributed by atoms with van der Waals surface area (Å²) in [6, 6.07) is 5.60. The molecular weight excluding hydrogens is 254 g/mol. The highest BCUT2D eigenvalue weighted by atomic mass is 16.6. The zero-order chi connectivity index (χ0) is 13.4. The van der Waals surface area contributed by atoms with Gasteiger partial charge in [-0.2, -0.15) is 0 Å². The van der Waals surface area contributed by atoms with Crippen LogP contribution >= 0.6 is 0 Å². The van der Waals surface area contributed by atoms with E-state index in [0.717, 1.165) is 0 Å². The molecule has 0 unspecified atom stereocenters. The molecule has 0 spiro atoms. The number of hydrogen-bond donors (Lipinski definition) is 1. The van der Waals surface area contributed by atoms with E-state index in [0.29, 0.717) is 5.56 Å². The molecule has 0 radical (unpaired) electrons. The second-order valence-electron chi connectivity index (χ2n) is 4.08. The Kier molecular flexibility index (Phi) is 2.59. The van der Waals surface area contributed by atoms with Crippen molar-refractivity contribution in [3.05, 3.63) is 29.8 Å². The molecule has 1 amide bonds. The molecule has 7 nitrogen and oxygen atoms in total. The van der Waals surface area contributed by atoms with Crippen LogP contribution in [0.2, 0.25) is 0 Å². The first kappa shape index (κ1) is 11.5. The van der Waals surface area contributed by atoms with Crippen molar-refractivity contribution < 1.29 is 28.6 Å². The first-order valence-corrected chi connectivity index (χ1v) is 5.58. The Morgan fingerprint density at radius 1 is 1.11 bits per heavy atom. The lowest BCUT2D eigenvalue weighted by Crippen LogP contribution is -2.64. The van der Waals surface area contributed by atoms with Crippen LogP contribution in [0.4, 0.5) is 4.79 Å². The lowest BCUT2D eigenvalue weighted by atomic mass is 10.1. The van der Waals surface area contributed by atoms with Gasteiger partial charge in [-0.1, -0.05) is 18.2 Å². The fourth-order valence-electron chi connectivity index (χ4n) is 1.84. The van der Waals surface area contributed by atoms with Crippen molar-refractivity contribution in [3.63, 3.8) is 0 Å². The number of cyclic esters (lactones) is 1. The number of hydrogen-bond acceptors (Lipinski definition) is 6. The minimum Gasteiger partial charge on any atom is -0.446 e. The molecule has 1 saturated heterocycles. The number of nitrogens with one attached hydrogen (secondary N) is 1. The number of ether oxygens (including phenoxy) is 3. The number of rotatable bonds is 0. The second kappa shape index (κ2) is 4.27. The topological polar surface area (TPSA) is 90.9 Å². The van der Waals surface area contributed by atoms with Gasteiger partial charge in [0.25, 0.3) is 0 Å². The standard InChI is InChI=1S/C12H9NO6/c14-10-8-9(19-10)11(15)18-7-4-2-1-3-6(7)5-17-12(16)13-8/h1-4,8-9H,5H2,(H,13,16)/t8-,9-/m0/s1. The van der Waals surface area contributed by atoms with E-state index in [9.17, 15) is 14.4 Å². The van der Waals surface area contributed by atoms with E-state index >= 15 is 0 Å². The Bertz CT molecular complexity index is 569.